The van der Waals surface area contributed by atoms with E-state index >= 15 is 0 Å². The Morgan fingerprint density at radius 3 is 2.53 bits per heavy atom. The van der Waals surface area contributed by atoms with Gasteiger partial charge in [-0.05, 0) is 6.92 Å². The van der Waals surface area contributed by atoms with Crippen LogP contribution in [0.25, 0.3) is 5.95 Å². The number of hydrogen-bond donors (Lipinski definition) is 1. The molecule has 2 heterocycles. The molecule has 0 unspecified atom stereocenters. The monoisotopic (exact) mass is 224 g/mol. The SMILES string of the molecule is Cc1nn(-c2ncc(CO)cn2)cc1Cl. The Morgan fingerprint density at radius 2 is 2.07 bits per heavy atom. The summed E-state index contributed by atoms with van der Waals surface area (Å²) in [6.07, 6.45) is 4.74. The maximum absolute atomic E-state index is 8.82. The lowest BCUT2D eigenvalue weighted by Crippen LogP contribution is -2.02. The molecule has 0 saturated carbocycles. The van der Waals surface area contributed by atoms with Crippen molar-refractivity contribution >= 4 is 11.6 Å². The molecule has 0 amide bonds. The molecular weight excluding hydrogens is 216 g/mol. The van der Waals surface area contributed by atoms with Gasteiger partial charge in [0.05, 0.1) is 23.5 Å². The quantitative estimate of drug-likeness (QED) is 0.830. The summed E-state index contributed by atoms with van der Waals surface area (Å²) in [7, 11) is 0. The molecule has 0 aliphatic rings. The molecule has 0 radical (unpaired) electrons. The Balaban J connectivity index is 2.37. The summed E-state index contributed by atoms with van der Waals surface area (Å²) in [6, 6.07) is 0. The zero-order valence-electron chi connectivity index (χ0n) is 8.05. The van der Waals surface area contributed by atoms with Crippen LogP contribution in [-0.4, -0.2) is 24.9 Å². The molecule has 1 N–H and O–H groups in total. The minimum atomic E-state index is -0.0703. The molecule has 0 aliphatic heterocycles. The maximum atomic E-state index is 8.82. The summed E-state index contributed by atoms with van der Waals surface area (Å²) in [5, 5.41) is 13.5. The van der Waals surface area contributed by atoms with Gasteiger partial charge < -0.3 is 5.11 Å². The molecule has 2 aromatic heterocycles. The molecule has 0 aliphatic carbocycles. The highest BCUT2D eigenvalue weighted by Gasteiger charge is 2.05. The summed E-state index contributed by atoms with van der Waals surface area (Å²) in [6.45, 7) is 1.74. The Morgan fingerprint density at radius 1 is 1.40 bits per heavy atom. The zero-order valence-corrected chi connectivity index (χ0v) is 8.81. The molecule has 0 bridgehead atoms. The molecule has 0 fully saturated rings. The number of aliphatic hydroxyl groups is 1. The highest BCUT2D eigenvalue weighted by molar-refractivity contribution is 6.31. The van der Waals surface area contributed by atoms with Crippen molar-refractivity contribution in [2.45, 2.75) is 13.5 Å². The average Bonchev–Trinajstić information content (AvgIpc) is 2.59. The van der Waals surface area contributed by atoms with E-state index in [0.717, 1.165) is 5.69 Å². The van der Waals surface area contributed by atoms with Crippen molar-refractivity contribution in [1.82, 2.24) is 19.7 Å². The van der Waals surface area contributed by atoms with Crippen molar-refractivity contribution in [1.29, 1.82) is 0 Å². The lowest BCUT2D eigenvalue weighted by molar-refractivity contribution is 0.281. The smallest absolute Gasteiger partial charge is 0.250 e. The van der Waals surface area contributed by atoms with Crippen LogP contribution in [0, 0.1) is 6.92 Å². The van der Waals surface area contributed by atoms with Crippen molar-refractivity contribution in [3.05, 3.63) is 34.9 Å². The van der Waals surface area contributed by atoms with Gasteiger partial charge in [-0.25, -0.2) is 14.6 Å². The third-order valence-electron chi connectivity index (χ3n) is 1.92. The molecule has 2 rings (SSSR count). The van der Waals surface area contributed by atoms with E-state index in [0.29, 0.717) is 16.5 Å². The highest BCUT2D eigenvalue weighted by atomic mass is 35.5. The lowest BCUT2D eigenvalue weighted by atomic mass is 10.4. The van der Waals surface area contributed by atoms with Gasteiger partial charge in [0.2, 0.25) is 5.95 Å². The van der Waals surface area contributed by atoms with Gasteiger partial charge in [-0.1, -0.05) is 11.6 Å². The fourth-order valence-corrected chi connectivity index (χ4v) is 1.22. The van der Waals surface area contributed by atoms with E-state index in [4.69, 9.17) is 16.7 Å². The molecule has 0 atom stereocenters. The summed E-state index contributed by atoms with van der Waals surface area (Å²) >= 11 is 5.86. The summed E-state index contributed by atoms with van der Waals surface area (Å²) in [5.41, 5.74) is 1.39. The molecule has 0 saturated heterocycles. The standard InChI is InChI=1S/C9H9ClN4O/c1-6-8(10)4-14(13-6)9-11-2-7(5-15)3-12-9/h2-4,15H,5H2,1H3. The van der Waals surface area contributed by atoms with Gasteiger partial charge in [-0.15, -0.1) is 0 Å². The number of aromatic nitrogens is 4. The first kappa shape index (κ1) is 10.1. The van der Waals surface area contributed by atoms with Gasteiger partial charge in [-0.2, -0.15) is 5.10 Å². The number of aryl methyl sites for hydroxylation is 1. The highest BCUT2D eigenvalue weighted by Crippen LogP contribution is 2.13. The lowest BCUT2D eigenvalue weighted by Gasteiger charge is -1.99. The minimum Gasteiger partial charge on any atom is -0.392 e. The Labute approximate surface area is 91.4 Å². The number of aliphatic hydroxyl groups excluding tert-OH is 1. The van der Waals surface area contributed by atoms with E-state index in [2.05, 4.69) is 15.1 Å². The van der Waals surface area contributed by atoms with Crippen LogP contribution in [0.5, 0.6) is 0 Å². The molecule has 2 aromatic rings. The third kappa shape index (κ3) is 1.98. The Bertz CT molecular complexity index is 446. The van der Waals surface area contributed by atoms with Crippen LogP contribution in [0.3, 0.4) is 0 Å². The Hall–Kier alpha value is -1.46. The number of rotatable bonds is 2. The molecule has 15 heavy (non-hydrogen) atoms. The van der Waals surface area contributed by atoms with Crippen LogP contribution < -0.4 is 0 Å². The van der Waals surface area contributed by atoms with Crippen LogP contribution in [0.15, 0.2) is 18.6 Å². The second-order valence-corrected chi connectivity index (χ2v) is 3.46. The Kier molecular flexibility index (Phi) is 2.66. The normalized spacial score (nSPS) is 10.6. The molecular formula is C9H9ClN4O. The fraction of sp³-hybridized carbons (Fsp3) is 0.222. The number of nitrogens with zero attached hydrogens (tertiary/aromatic N) is 4. The van der Waals surface area contributed by atoms with Gasteiger partial charge in [0, 0.05) is 18.0 Å². The number of hydrogen-bond acceptors (Lipinski definition) is 4. The molecule has 0 aromatic carbocycles. The first-order valence-corrected chi connectivity index (χ1v) is 4.72. The van der Waals surface area contributed by atoms with Crippen LogP contribution >= 0.6 is 11.6 Å². The average molecular weight is 225 g/mol. The first-order chi connectivity index (χ1) is 7.20. The van der Waals surface area contributed by atoms with Gasteiger partial charge in [-0.3, -0.25) is 0 Å². The van der Waals surface area contributed by atoms with Gasteiger partial charge in [0.1, 0.15) is 0 Å². The second kappa shape index (κ2) is 3.96. The van der Waals surface area contributed by atoms with Gasteiger partial charge in [0.15, 0.2) is 0 Å². The number of halogens is 1. The van der Waals surface area contributed by atoms with Crippen LogP contribution in [0.4, 0.5) is 0 Å². The van der Waals surface area contributed by atoms with Gasteiger partial charge >= 0.3 is 0 Å². The predicted octanol–water partition coefficient (Wildman–Crippen LogP) is 1.12. The topological polar surface area (TPSA) is 63.8 Å². The molecule has 6 heteroatoms. The largest absolute Gasteiger partial charge is 0.392 e. The van der Waals surface area contributed by atoms with E-state index in [1.165, 1.54) is 4.68 Å². The van der Waals surface area contributed by atoms with Crippen LogP contribution in [0.2, 0.25) is 5.02 Å². The third-order valence-corrected chi connectivity index (χ3v) is 2.29. The van der Waals surface area contributed by atoms with Crippen molar-refractivity contribution < 1.29 is 5.11 Å². The van der Waals surface area contributed by atoms with E-state index in [-0.39, 0.29) is 6.61 Å². The van der Waals surface area contributed by atoms with Crippen molar-refractivity contribution in [2.24, 2.45) is 0 Å². The second-order valence-electron chi connectivity index (χ2n) is 3.06. The molecule has 78 valence electrons. The minimum absolute atomic E-state index is 0.0703. The van der Waals surface area contributed by atoms with Crippen molar-refractivity contribution in [3.63, 3.8) is 0 Å². The molecule has 0 spiro atoms. The van der Waals surface area contributed by atoms with Crippen LogP contribution in [0.1, 0.15) is 11.3 Å². The predicted molar refractivity (Wildman–Crippen MR) is 54.8 cm³/mol. The van der Waals surface area contributed by atoms with Gasteiger partial charge in [0.25, 0.3) is 0 Å². The van der Waals surface area contributed by atoms with E-state index in [9.17, 15) is 0 Å². The van der Waals surface area contributed by atoms with E-state index in [1.807, 2.05) is 0 Å². The van der Waals surface area contributed by atoms with E-state index in [1.54, 1.807) is 25.5 Å². The maximum Gasteiger partial charge on any atom is 0.250 e. The van der Waals surface area contributed by atoms with Crippen LogP contribution in [-0.2, 0) is 6.61 Å². The van der Waals surface area contributed by atoms with Crippen molar-refractivity contribution in [3.8, 4) is 5.95 Å². The van der Waals surface area contributed by atoms with Crippen molar-refractivity contribution in [2.75, 3.05) is 0 Å². The summed E-state index contributed by atoms with van der Waals surface area (Å²) < 4.78 is 1.50. The fourth-order valence-electron chi connectivity index (χ4n) is 1.09. The summed E-state index contributed by atoms with van der Waals surface area (Å²) in [4.78, 5) is 8.09. The summed E-state index contributed by atoms with van der Waals surface area (Å²) in [5.74, 6) is 0.433. The molecule has 5 nitrogen and oxygen atoms in total. The zero-order chi connectivity index (χ0) is 10.8. The first-order valence-electron chi connectivity index (χ1n) is 4.34. The van der Waals surface area contributed by atoms with E-state index < -0.39 is 0 Å².